The van der Waals surface area contributed by atoms with Crippen LogP contribution >= 0.6 is 23.4 Å². The Kier molecular flexibility index (Phi) is 3.42. The van der Waals surface area contributed by atoms with Crippen molar-refractivity contribution in [3.8, 4) is 0 Å². The van der Waals surface area contributed by atoms with E-state index in [2.05, 4.69) is 6.07 Å². The molecule has 0 atom stereocenters. The molecule has 1 nitrogen and oxygen atoms in total. The third kappa shape index (κ3) is 2.94. The highest BCUT2D eigenvalue weighted by Crippen LogP contribution is 2.31. The minimum Gasteiger partial charge on any atom is -0.399 e. The molecular weight excluding hydrogens is 238 g/mol. The lowest BCUT2D eigenvalue weighted by Gasteiger charge is -2.04. The van der Waals surface area contributed by atoms with Crippen molar-refractivity contribution in [2.45, 2.75) is 16.7 Å². The van der Waals surface area contributed by atoms with Crippen LogP contribution in [0.5, 0.6) is 0 Å². The summed E-state index contributed by atoms with van der Waals surface area (Å²) in [5, 5.41) is 0.755. The average molecular weight is 250 g/mol. The van der Waals surface area contributed by atoms with E-state index >= 15 is 0 Å². The molecule has 0 saturated heterocycles. The fourth-order valence-electron chi connectivity index (χ4n) is 1.50. The van der Waals surface area contributed by atoms with Gasteiger partial charge in [0.2, 0.25) is 0 Å². The lowest BCUT2D eigenvalue weighted by molar-refractivity contribution is 1.35. The Morgan fingerprint density at radius 2 is 1.88 bits per heavy atom. The van der Waals surface area contributed by atoms with Gasteiger partial charge in [0.1, 0.15) is 0 Å². The van der Waals surface area contributed by atoms with Gasteiger partial charge in [0.15, 0.2) is 0 Å². The van der Waals surface area contributed by atoms with Gasteiger partial charge in [-0.25, -0.2) is 0 Å². The van der Waals surface area contributed by atoms with Crippen LogP contribution in [0.3, 0.4) is 0 Å². The first-order valence-electron chi connectivity index (χ1n) is 4.94. The number of anilines is 1. The molecule has 82 valence electrons. The van der Waals surface area contributed by atoms with Crippen molar-refractivity contribution >= 4 is 29.1 Å². The second-order valence-electron chi connectivity index (χ2n) is 3.64. The molecule has 0 amide bonds. The number of rotatable bonds is 2. The zero-order valence-corrected chi connectivity index (χ0v) is 10.5. The topological polar surface area (TPSA) is 26.0 Å². The molecule has 2 aromatic rings. The van der Waals surface area contributed by atoms with E-state index in [-0.39, 0.29) is 0 Å². The second-order valence-corrected chi connectivity index (χ2v) is 5.22. The van der Waals surface area contributed by atoms with Gasteiger partial charge in [-0.3, -0.25) is 0 Å². The van der Waals surface area contributed by atoms with Gasteiger partial charge >= 0.3 is 0 Å². The summed E-state index contributed by atoms with van der Waals surface area (Å²) in [6.45, 7) is 2.04. The molecule has 0 saturated carbocycles. The molecule has 2 N–H and O–H groups in total. The molecule has 0 aliphatic heterocycles. The average Bonchev–Trinajstić information content (AvgIpc) is 2.15. The van der Waals surface area contributed by atoms with Crippen LogP contribution in [-0.4, -0.2) is 0 Å². The first-order chi connectivity index (χ1) is 7.63. The summed E-state index contributed by atoms with van der Waals surface area (Å²) >= 11 is 7.60. The molecule has 0 unspecified atom stereocenters. The zero-order chi connectivity index (χ0) is 11.5. The fourth-order valence-corrected chi connectivity index (χ4v) is 2.80. The fraction of sp³-hybridized carbons (Fsp3) is 0.0769. The highest BCUT2D eigenvalue weighted by molar-refractivity contribution is 7.99. The van der Waals surface area contributed by atoms with E-state index < -0.39 is 0 Å². The zero-order valence-electron chi connectivity index (χ0n) is 8.91. The van der Waals surface area contributed by atoms with Gasteiger partial charge in [-0.1, -0.05) is 29.4 Å². The second kappa shape index (κ2) is 4.81. The molecule has 0 aromatic heterocycles. The minimum atomic E-state index is 0.755. The van der Waals surface area contributed by atoms with Gasteiger partial charge in [-0.05, 0) is 48.9 Å². The Hall–Kier alpha value is -1.12. The Balaban J connectivity index is 2.27. The first kappa shape index (κ1) is 11.4. The summed E-state index contributed by atoms with van der Waals surface area (Å²) in [5.74, 6) is 0. The lowest BCUT2D eigenvalue weighted by atomic mass is 10.2. The highest BCUT2D eigenvalue weighted by Gasteiger charge is 2.00. The quantitative estimate of drug-likeness (QED) is 0.800. The van der Waals surface area contributed by atoms with Crippen LogP contribution in [-0.2, 0) is 0 Å². The highest BCUT2D eigenvalue weighted by atomic mass is 35.5. The lowest BCUT2D eigenvalue weighted by Crippen LogP contribution is -1.86. The Bertz CT molecular complexity index is 491. The monoisotopic (exact) mass is 249 g/mol. The third-order valence-electron chi connectivity index (χ3n) is 2.10. The molecule has 0 radical (unpaired) electrons. The Labute approximate surface area is 105 Å². The molecule has 0 aliphatic carbocycles. The number of aryl methyl sites for hydroxylation is 1. The molecule has 2 aromatic carbocycles. The minimum absolute atomic E-state index is 0.755. The van der Waals surface area contributed by atoms with E-state index in [1.807, 2.05) is 43.3 Å². The number of hydrogen-bond acceptors (Lipinski definition) is 2. The van der Waals surface area contributed by atoms with Gasteiger partial charge in [0, 0.05) is 20.5 Å². The van der Waals surface area contributed by atoms with Crippen molar-refractivity contribution in [2.75, 3.05) is 5.73 Å². The van der Waals surface area contributed by atoms with E-state index in [9.17, 15) is 0 Å². The first-order valence-corrected chi connectivity index (χ1v) is 6.13. The molecule has 0 heterocycles. The van der Waals surface area contributed by atoms with Crippen molar-refractivity contribution < 1.29 is 0 Å². The van der Waals surface area contributed by atoms with Crippen LogP contribution in [0.4, 0.5) is 5.69 Å². The van der Waals surface area contributed by atoms with Crippen LogP contribution in [0.1, 0.15) is 5.56 Å². The maximum atomic E-state index is 5.94. The summed E-state index contributed by atoms with van der Waals surface area (Å²) < 4.78 is 0. The van der Waals surface area contributed by atoms with Crippen molar-refractivity contribution in [2.24, 2.45) is 0 Å². The molecule has 0 fully saturated rings. The number of halogens is 1. The Morgan fingerprint density at radius 3 is 2.56 bits per heavy atom. The largest absolute Gasteiger partial charge is 0.399 e. The smallest absolute Gasteiger partial charge is 0.0417 e. The molecule has 0 spiro atoms. The van der Waals surface area contributed by atoms with Crippen molar-refractivity contribution in [3.63, 3.8) is 0 Å². The van der Waals surface area contributed by atoms with Crippen LogP contribution in [0.25, 0.3) is 0 Å². The number of nitrogens with two attached hydrogens (primary N) is 1. The van der Waals surface area contributed by atoms with E-state index in [4.69, 9.17) is 17.3 Å². The summed E-state index contributed by atoms with van der Waals surface area (Å²) in [4.78, 5) is 2.26. The molecule has 16 heavy (non-hydrogen) atoms. The maximum Gasteiger partial charge on any atom is 0.0417 e. The third-order valence-corrected chi connectivity index (χ3v) is 3.30. The van der Waals surface area contributed by atoms with Crippen LogP contribution < -0.4 is 5.73 Å². The molecule has 0 aliphatic rings. The van der Waals surface area contributed by atoms with Gasteiger partial charge < -0.3 is 5.73 Å². The van der Waals surface area contributed by atoms with E-state index in [1.165, 1.54) is 5.56 Å². The van der Waals surface area contributed by atoms with Crippen molar-refractivity contribution in [1.29, 1.82) is 0 Å². The number of benzene rings is 2. The SMILES string of the molecule is Cc1cc(N)cc(Sc2cccc(Cl)c2)c1. The Morgan fingerprint density at radius 1 is 1.06 bits per heavy atom. The van der Waals surface area contributed by atoms with E-state index in [0.29, 0.717) is 0 Å². The summed E-state index contributed by atoms with van der Waals surface area (Å²) in [5.41, 5.74) is 7.77. The molecular formula is C13H12ClNS. The summed E-state index contributed by atoms with van der Waals surface area (Å²) in [6.07, 6.45) is 0. The maximum absolute atomic E-state index is 5.94. The molecule has 2 rings (SSSR count). The van der Waals surface area contributed by atoms with Gasteiger partial charge in [0.05, 0.1) is 0 Å². The molecule has 0 bridgehead atoms. The van der Waals surface area contributed by atoms with Gasteiger partial charge in [-0.15, -0.1) is 0 Å². The summed E-state index contributed by atoms with van der Waals surface area (Å²) in [7, 11) is 0. The standard InChI is InChI=1S/C13H12ClNS/c1-9-5-11(15)8-13(6-9)16-12-4-2-3-10(14)7-12/h2-8H,15H2,1H3. The predicted molar refractivity (Wildman–Crippen MR) is 71.2 cm³/mol. The predicted octanol–water partition coefficient (Wildman–Crippen LogP) is 4.38. The van der Waals surface area contributed by atoms with Crippen molar-refractivity contribution in [3.05, 3.63) is 53.1 Å². The number of nitrogen functional groups attached to an aromatic ring is 1. The van der Waals surface area contributed by atoms with E-state index in [1.54, 1.807) is 11.8 Å². The van der Waals surface area contributed by atoms with Crippen LogP contribution in [0.2, 0.25) is 5.02 Å². The van der Waals surface area contributed by atoms with E-state index in [0.717, 1.165) is 20.5 Å². The van der Waals surface area contributed by atoms with Crippen LogP contribution in [0.15, 0.2) is 52.3 Å². The normalized spacial score (nSPS) is 10.4. The van der Waals surface area contributed by atoms with Gasteiger partial charge in [-0.2, -0.15) is 0 Å². The van der Waals surface area contributed by atoms with Crippen LogP contribution in [0, 0.1) is 6.92 Å². The number of hydrogen-bond donors (Lipinski definition) is 1. The van der Waals surface area contributed by atoms with Crippen molar-refractivity contribution in [1.82, 2.24) is 0 Å². The molecule has 3 heteroatoms. The van der Waals surface area contributed by atoms with Gasteiger partial charge in [0.25, 0.3) is 0 Å². The summed E-state index contributed by atoms with van der Waals surface area (Å²) in [6, 6.07) is 13.8.